The molecule has 1 aliphatic rings. The SMILES string of the molecule is O=C(Nc1cccc(OC2CCCC2)c1)c1ccc([N+](=O)[O-])cc1. The Morgan fingerprint density at radius 1 is 1.12 bits per heavy atom. The topological polar surface area (TPSA) is 81.5 Å². The van der Waals surface area contributed by atoms with Crippen LogP contribution in [0.3, 0.4) is 0 Å². The Labute approximate surface area is 139 Å². The van der Waals surface area contributed by atoms with E-state index in [0.717, 1.165) is 18.6 Å². The monoisotopic (exact) mass is 326 g/mol. The molecule has 2 aromatic carbocycles. The molecule has 0 saturated heterocycles. The fraction of sp³-hybridized carbons (Fsp3) is 0.278. The van der Waals surface area contributed by atoms with E-state index >= 15 is 0 Å². The Morgan fingerprint density at radius 3 is 2.50 bits per heavy atom. The molecule has 1 aliphatic carbocycles. The van der Waals surface area contributed by atoms with E-state index in [-0.39, 0.29) is 17.7 Å². The number of benzene rings is 2. The molecule has 0 spiro atoms. The van der Waals surface area contributed by atoms with Gasteiger partial charge in [-0.25, -0.2) is 0 Å². The number of nitrogens with one attached hydrogen (secondary N) is 1. The van der Waals surface area contributed by atoms with Crippen molar-refractivity contribution in [1.82, 2.24) is 0 Å². The van der Waals surface area contributed by atoms with Crippen molar-refractivity contribution in [3.8, 4) is 5.75 Å². The molecule has 3 rings (SSSR count). The molecule has 1 N–H and O–H groups in total. The lowest BCUT2D eigenvalue weighted by atomic mass is 10.2. The maximum absolute atomic E-state index is 12.2. The van der Waals surface area contributed by atoms with Crippen molar-refractivity contribution < 1.29 is 14.5 Å². The van der Waals surface area contributed by atoms with Gasteiger partial charge in [-0.3, -0.25) is 14.9 Å². The van der Waals surface area contributed by atoms with E-state index in [1.54, 1.807) is 12.1 Å². The van der Waals surface area contributed by atoms with Crippen molar-refractivity contribution in [2.24, 2.45) is 0 Å². The van der Waals surface area contributed by atoms with Gasteiger partial charge in [0.15, 0.2) is 0 Å². The first-order chi connectivity index (χ1) is 11.6. The van der Waals surface area contributed by atoms with Crippen molar-refractivity contribution in [3.63, 3.8) is 0 Å². The molecule has 124 valence electrons. The first-order valence-corrected chi connectivity index (χ1v) is 7.94. The Balaban J connectivity index is 1.66. The molecular weight excluding hydrogens is 308 g/mol. The molecule has 0 aliphatic heterocycles. The molecular formula is C18H18N2O4. The molecule has 0 bridgehead atoms. The zero-order valence-corrected chi connectivity index (χ0v) is 13.1. The highest BCUT2D eigenvalue weighted by Crippen LogP contribution is 2.26. The second-order valence-electron chi connectivity index (χ2n) is 5.81. The fourth-order valence-electron chi connectivity index (χ4n) is 2.78. The van der Waals surface area contributed by atoms with Gasteiger partial charge in [-0.1, -0.05) is 6.07 Å². The summed E-state index contributed by atoms with van der Waals surface area (Å²) in [6.45, 7) is 0. The van der Waals surface area contributed by atoms with Gasteiger partial charge in [0.25, 0.3) is 11.6 Å². The molecule has 0 atom stereocenters. The van der Waals surface area contributed by atoms with Crippen molar-refractivity contribution in [1.29, 1.82) is 0 Å². The minimum atomic E-state index is -0.495. The Kier molecular flexibility index (Phi) is 4.74. The quantitative estimate of drug-likeness (QED) is 0.660. The summed E-state index contributed by atoms with van der Waals surface area (Å²) < 4.78 is 5.92. The molecule has 0 heterocycles. The van der Waals surface area contributed by atoms with E-state index < -0.39 is 4.92 Å². The number of anilines is 1. The lowest BCUT2D eigenvalue weighted by molar-refractivity contribution is -0.384. The van der Waals surface area contributed by atoms with E-state index in [9.17, 15) is 14.9 Å². The molecule has 0 radical (unpaired) electrons. The van der Waals surface area contributed by atoms with E-state index in [1.807, 2.05) is 12.1 Å². The molecule has 1 fully saturated rings. The Morgan fingerprint density at radius 2 is 1.83 bits per heavy atom. The molecule has 2 aromatic rings. The number of carbonyl (C=O) groups excluding carboxylic acids is 1. The molecule has 6 heteroatoms. The number of amides is 1. The largest absolute Gasteiger partial charge is 0.490 e. The zero-order chi connectivity index (χ0) is 16.9. The minimum Gasteiger partial charge on any atom is -0.490 e. The molecule has 24 heavy (non-hydrogen) atoms. The fourth-order valence-corrected chi connectivity index (χ4v) is 2.78. The molecule has 0 aromatic heterocycles. The summed E-state index contributed by atoms with van der Waals surface area (Å²) in [5.41, 5.74) is 0.954. The van der Waals surface area contributed by atoms with Gasteiger partial charge in [-0.15, -0.1) is 0 Å². The van der Waals surface area contributed by atoms with Gasteiger partial charge in [0.2, 0.25) is 0 Å². The second kappa shape index (κ2) is 7.12. The third-order valence-corrected chi connectivity index (χ3v) is 4.04. The second-order valence-corrected chi connectivity index (χ2v) is 5.81. The number of hydrogen-bond donors (Lipinski definition) is 1. The third kappa shape index (κ3) is 3.90. The third-order valence-electron chi connectivity index (χ3n) is 4.04. The van der Waals surface area contributed by atoms with Crippen molar-refractivity contribution in [3.05, 3.63) is 64.2 Å². The van der Waals surface area contributed by atoms with Crippen LogP contribution in [0.5, 0.6) is 5.75 Å². The Bertz CT molecular complexity index is 737. The Hall–Kier alpha value is -2.89. The first kappa shape index (κ1) is 16.0. The van der Waals surface area contributed by atoms with E-state index in [2.05, 4.69) is 5.32 Å². The average molecular weight is 326 g/mol. The lowest BCUT2D eigenvalue weighted by Gasteiger charge is -2.14. The smallest absolute Gasteiger partial charge is 0.269 e. The summed E-state index contributed by atoms with van der Waals surface area (Å²) in [4.78, 5) is 22.4. The van der Waals surface area contributed by atoms with Crippen molar-refractivity contribution in [2.45, 2.75) is 31.8 Å². The number of non-ortho nitro benzene ring substituents is 1. The normalized spacial score (nSPS) is 14.3. The number of nitro groups is 1. The highest BCUT2D eigenvalue weighted by atomic mass is 16.6. The maximum Gasteiger partial charge on any atom is 0.269 e. The standard InChI is InChI=1S/C18H18N2O4/c21-18(13-8-10-15(11-9-13)20(22)23)19-14-4-3-7-17(12-14)24-16-5-1-2-6-16/h3-4,7-12,16H,1-2,5-6H2,(H,19,21). The number of hydrogen-bond acceptors (Lipinski definition) is 4. The molecule has 6 nitrogen and oxygen atoms in total. The number of rotatable bonds is 5. The van der Waals surface area contributed by atoms with E-state index in [1.165, 1.54) is 37.1 Å². The average Bonchev–Trinajstić information content (AvgIpc) is 3.08. The summed E-state index contributed by atoms with van der Waals surface area (Å²) >= 11 is 0. The zero-order valence-electron chi connectivity index (χ0n) is 13.1. The van der Waals surface area contributed by atoms with Gasteiger partial charge >= 0.3 is 0 Å². The van der Waals surface area contributed by atoms with Crippen LogP contribution in [0.4, 0.5) is 11.4 Å². The van der Waals surface area contributed by atoms with Gasteiger partial charge in [0.05, 0.1) is 11.0 Å². The molecule has 1 amide bonds. The van der Waals surface area contributed by atoms with Crippen LogP contribution < -0.4 is 10.1 Å². The summed E-state index contributed by atoms with van der Waals surface area (Å²) in [6.07, 6.45) is 4.78. The highest BCUT2D eigenvalue weighted by molar-refractivity contribution is 6.04. The van der Waals surface area contributed by atoms with Crippen LogP contribution in [0.25, 0.3) is 0 Å². The highest BCUT2D eigenvalue weighted by Gasteiger charge is 2.16. The summed E-state index contributed by atoms with van der Waals surface area (Å²) in [5.74, 6) is 0.423. The van der Waals surface area contributed by atoms with Gasteiger partial charge < -0.3 is 10.1 Å². The van der Waals surface area contributed by atoms with Crippen LogP contribution in [0.15, 0.2) is 48.5 Å². The maximum atomic E-state index is 12.2. The van der Waals surface area contributed by atoms with Crippen molar-refractivity contribution >= 4 is 17.3 Å². The van der Waals surface area contributed by atoms with Gasteiger partial charge in [-0.05, 0) is 49.9 Å². The van der Waals surface area contributed by atoms with Crippen LogP contribution in [0.2, 0.25) is 0 Å². The summed E-state index contributed by atoms with van der Waals surface area (Å²) in [7, 11) is 0. The van der Waals surface area contributed by atoms with Crippen LogP contribution in [0, 0.1) is 10.1 Å². The first-order valence-electron chi connectivity index (χ1n) is 7.94. The number of ether oxygens (including phenoxy) is 1. The van der Waals surface area contributed by atoms with Crippen LogP contribution in [-0.2, 0) is 0 Å². The van der Waals surface area contributed by atoms with Gasteiger partial charge in [0.1, 0.15) is 5.75 Å². The summed E-state index contributed by atoms with van der Waals surface area (Å²) in [5, 5.41) is 13.4. The van der Waals surface area contributed by atoms with E-state index in [4.69, 9.17) is 4.74 Å². The lowest BCUT2D eigenvalue weighted by Crippen LogP contribution is -2.13. The number of nitro benzene ring substituents is 1. The molecule has 1 saturated carbocycles. The minimum absolute atomic E-state index is 0.0430. The van der Waals surface area contributed by atoms with Gasteiger partial charge in [-0.2, -0.15) is 0 Å². The van der Waals surface area contributed by atoms with Crippen LogP contribution in [0.1, 0.15) is 36.0 Å². The molecule has 0 unspecified atom stereocenters. The van der Waals surface area contributed by atoms with Crippen LogP contribution in [-0.4, -0.2) is 16.9 Å². The number of nitrogens with zero attached hydrogens (tertiary/aromatic N) is 1. The predicted octanol–water partition coefficient (Wildman–Crippen LogP) is 4.17. The summed E-state index contributed by atoms with van der Waals surface area (Å²) in [6, 6.07) is 12.8. The predicted molar refractivity (Wildman–Crippen MR) is 90.4 cm³/mol. The number of carbonyl (C=O) groups is 1. The van der Waals surface area contributed by atoms with Gasteiger partial charge in [0, 0.05) is 29.4 Å². The van der Waals surface area contributed by atoms with Crippen molar-refractivity contribution in [2.75, 3.05) is 5.32 Å². The van der Waals surface area contributed by atoms with E-state index in [0.29, 0.717) is 11.3 Å². The van der Waals surface area contributed by atoms with Crippen LogP contribution >= 0.6 is 0 Å².